The third-order valence-electron chi connectivity index (χ3n) is 4.44. The fourth-order valence-corrected chi connectivity index (χ4v) is 3.11. The highest BCUT2D eigenvalue weighted by atomic mass is 32.1. The average Bonchev–Trinajstić information content (AvgIpc) is 3.01. The first kappa shape index (κ1) is 17.5. The van der Waals surface area contributed by atoms with Gasteiger partial charge in [-0.05, 0) is 31.2 Å². The molecule has 2 fully saturated rings. The molecule has 25 heavy (non-hydrogen) atoms. The molecule has 0 saturated carbocycles. The van der Waals surface area contributed by atoms with E-state index < -0.39 is 0 Å². The molecule has 1 aromatic rings. The number of piperazine rings is 1. The monoisotopic (exact) mass is 362 g/mol. The van der Waals surface area contributed by atoms with Crippen molar-refractivity contribution in [1.29, 1.82) is 0 Å². The Labute approximate surface area is 152 Å². The van der Waals surface area contributed by atoms with E-state index in [9.17, 15) is 9.59 Å². The minimum Gasteiger partial charge on any atom is -0.442 e. The van der Waals surface area contributed by atoms with Crippen LogP contribution in [-0.4, -0.2) is 67.8 Å². The second-order valence-corrected chi connectivity index (χ2v) is 6.81. The molecule has 2 aliphatic heterocycles. The normalized spacial score (nSPS) is 20.4. The van der Waals surface area contributed by atoms with Crippen molar-refractivity contribution in [2.45, 2.75) is 13.0 Å². The zero-order valence-electron chi connectivity index (χ0n) is 14.2. The van der Waals surface area contributed by atoms with Crippen molar-refractivity contribution in [2.75, 3.05) is 49.1 Å². The number of benzene rings is 1. The lowest BCUT2D eigenvalue weighted by Gasteiger charge is -2.34. The Morgan fingerprint density at radius 2 is 1.88 bits per heavy atom. The SMILES string of the molecule is CC(=S)NC[C@H]1CN(c2ccc(N3CCN(C=O)CC3)cc2)C(=O)O1. The van der Waals surface area contributed by atoms with Crippen molar-refractivity contribution in [1.82, 2.24) is 10.2 Å². The Balaban J connectivity index is 1.60. The number of cyclic esters (lactones) is 1. The van der Waals surface area contributed by atoms with Crippen molar-refractivity contribution in [3.63, 3.8) is 0 Å². The van der Waals surface area contributed by atoms with Gasteiger partial charge < -0.3 is 19.9 Å². The molecule has 2 saturated heterocycles. The van der Waals surface area contributed by atoms with Crippen molar-refractivity contribution in [2.24, 2.45) is 0 Å². The fraction of sp³-hybridized carbons (Fsp3) is 0.471. The van der Waals surface area contributed by atoms with Gasteiger partial charge in [-0.15, -0.1) is 0 Å². The maximum absolute atomic E-state index is 12.1. The summed E-state index contributed by atoms with van der Waals surface area (Å²) in [6.45, 7) is 5.93. The van der Waals surface area contributed by atoms with Crippen molar-refractivity contribution in [3.8, 4) is 0 Å². The van der Waals surface area contributed by atoms with Gasteiger partial charge in [-0.1, -0.05) is 12.2 Å². The van der Waals surface area contributed by atoms with E-state index in [-0.39, 0.29) is 12.2 Å². The summed E-state index contributed by atoms with van der Waals surface area (Å²) >= 11 is 4.98. The number of hydrogen-bond acceptors (Lipinski definition) is 5. The van der Waals surface area contributed by atoms with Crippen LogP contribution in [0, 0.1) is 0 Å². The highest BCUT2D eigenvalue weighted by Crippen LogP contribution is 2.25. The van der Waals surface area contributed by atoms with Crippen LogP contribution in [0.3, 0.4) is 0 Å². The van der Waals surface area contributed by atoms with Gasteiger partial charge in [0.15, 0.2) is 0 Å². The van der Waals surface area contributed by atoms with Crippen LogP contribution in [0.15, 0.2) is 24.3 Å². The summed E-state index contributed by atoms with van der Waals surface area (Å²) in [6.07, 6.45) is 0.360. The number of nitrogens with one attached hydrogen (secondary N) is 1. The van der Waals surface area contributed by atoms with Crippen LogP contribution in [0.5, 0.6) is 0 Å². The average molecular weight is 362 g/mol. The highest BCUT2D eigenvalue weighted by Gasteiger charge is 2.32. The number of carbonyl (C=O) groups excluding carboxylic acids is 2. The number of hydrogen-bond donors (Lipinski definition) is 1. The molecule has 7 nitrogen and oxygen atoms in total. The maximum atomic E-state index is 12.1. The number of thiocarbonyl (C=S) groups is 1. The van der Waals surface area contributed by atoms with Crippen molar-refractivity contribution in [3.05, 3.63) is 24.3 Å². The van der Waals surface area contributed by atoms with Gasteiger partial charge in [0.25, 0.3) is 0 Å². The zero-order chi connectivity index (χ0) is 17.8. The molecule has 2 aliphatic rings. The molecule has 8 heteroatoms. The molecule has 3 rings (SSSR count). The van der Waals surface area contributed by atoms with E-state index in [1.165, 1.54) is 0 Å². The first-order valence-corrected chi connectivity index (χ1v) is 8.74. The van der Waals surface area contributed by atoms with Crippen LogP contribution >= 0.6 is 12.2 Å². The van der Waals surface area contributed by atoms with Crippen molar-refractivity contribution >= 4 is 41.1 Å². The molecule has 0 radical (unpaired) electrons. The number of anilines is 2. The van der Waals surface area contributed by atoms with Crippen LogP contribution in [0.25, 0.3) is 0 Å². The molecule has 2 heterocycles. The van der Waals surface area contributed by atoms with Gasteiger partial charge in [-0.3, -0.25) is 9.69 Å². The quantitative estimate of drug-likeness (QED) is 0.628. The maximum Gasteiger partial charge on any atom is 0.414 e. The molecule has 1 N–H and O–H groups in total. The van der Waals surface area contributed by atoms with Crippen LogP contribution in [0.4, 0.5) is 16.2 Å². The van der Waals surface area contributed by atoms with Gasteiger partial charge in [0.1, 0.15) is 6.10 Å². The Bertz CT molecular complexity index is 644. The predicted octanol–water partition coefficient (Wildman–Crippen LogP) is 1.23. The van der Waals surface area contributed by atoms with E-state index in [4.69, 9.17) is 17.0 Å². The molecule has 1 aromatic carbocycles. The molecule has 0 aromatic heterocycles. The van der Waals surface area contributed by atoms with Gasteiger partial charge >= 0.3 is 6.09 Å². The second kappa shape index (κ2) is 7.69. The van der Waals surface area contributed by atoms with E-state index in [0.29, 0.717) is 18.1 Å². The first-order chi connectivity index (χ1) is 12.1. The molecule has 0 unspecified atom stereocenters. The van der Waals surface area contributed by atoms with Gasteiger partial charge in [-0.2, -0.15) is 0 Å². The molecular weight excluding hydrogens is 340 g/mol. The first-order valence-electron chi connectivity index (χ1n) is 8.34. The van der Waals surface area contributed by atoms with E-state index in [1.807, 2.05) is 24.3 Å². The molecule has 0 spiro atoms. The summed E-state index contributed by atoms with van der Waals surface area (Å²) in [4.78, 5) is 29.2. The summed E-state index contributed by atoms with van der Waals surface area (Å²) in [6, 6.07) is 7.88. The lowest BCUT2D eigenvalue weighted by molar-refractivity contribution is -0.118. The minimum absolute atomic E-state index is 0.207. The van der Waals surface area contributed by atoms with Gasteiger partial charge in [0, 0.05) is 37.6 Å². The van der Waals surface area contributed by atoms with Gasteiger partial charge in [0.2, 0.25) is 6.41 Å². The van der Waals surface area contributed by atoms with Gasteiger partial charge in [0.05, 0.1) is 18.1 Å². The Hall–Kier alpha value is -2.35. The number of nitrogens with zero attached hydrogens (tertiary/aromatic N) is 3. The number of rotatable bonds is 5. The summed E-state index contributed by atoms with van der Waals surface area (Å²) < 4.78 is 5.37. The van der Waals surface area contributed by atoms with Crippen LogP contribution in [-0.2, 0) is 9.53 Å². The third-order valence-corrected chi connectivity index (χ3v) is 4.59. The number of carbonyl (C=O) groups is 2. The predicted molar refractivity (Wildman–Crippen MR) is 100 cm³/mol. The van der Waals surface area contributed by atoms with Crippen LogP contribution in [0.1, 0.15) is 6.92 Å². The Kier molecular flexibility index (Phi) is 5.37. The Morgan fingerprint density at radius 3 is 2.48 bits per heavy atom. The third kappa shape index (κ3) is 4.19. The zero-order valence-corrected chi connectivity index (χ0v) is 15.0. The van der Waals surface area contributed by atoms with Gasteiger partial charge in [-0.25, -0.2) is 4.79 Å². The molecule has 0 bridgehead atoms. The molecule has 1 atom stereocenters. The highest BCUT2D eigenvalue weighted by molar-refractivity contribution is 7.80. The molecule has 2 amide bonds. The van der Waals surface area contributed by atoms with Crippen LogP contribution in [0.2, 0.25) is 0 Å². The van der Waals surface area contributed by atoms with E-state index >= 15 is 0 Å². The van der Waals surface area contributed by atoms with Crippen molar-refractivity contribution < 1.29 is 14.3 Å². The smallest absolute Gasteiger partial charge is 0.414 e. The van der Waals surface area contributed by atoms with E-state index in [1.54, 1.807) is 16.7 Å². The number of ether oxygens (including phenoxy) is 1. The standard InChI is InChI=1S/C17H22N4O3S/c1-13(25)18-10-16-11-21(17(23)24-16)15-4-2-14(3-5-15)20-8-6-19(12-22)7-9-20/h2-5,12,16H,6-11H2,1H3,(H,18,25)/t16-/m0/s1. The number of amides is 2. The second-order valence-electron chi connectivity index (χ2n) is 6.20. The van der Waals surface area contributed by atoms with E-state index in [2.05, 4.69) is 10.2 Å². The van der Waals surface area contributed by atoms with Crippen LogP contribution < -0.4 is 15.1 Å². The topological polar surface area (TPSA) is 65.1 Å². The fourth-order valence-electron chi connectivity index (χ4n) is 3.03. The van der Waals surface area contributed by atoms with E-state index in [0.717, 1.165) is 44.0 Å². The largest absolute Gasteiger partial charge is 0.442 e. The molecule has 0 aliphatic carbocycles. The minimum atomic E-state index is -0.332. The summed E-state index contributed by atoms with van der Waals surface area (Å²) in [5.74, 6) is 0. The summed E-state index contributed by atoms with van der Waals surface area (Å²) in [7, 11) is 0. The lowest BCUT2D eigenvalue weighted by atomic mass is 10.2. The summed E-state index contributed by atoms with van der Waals surface area (Å²) in [5, 5.41) is 3.03. The summed E-state index contributed by atoms with van der Waals surface area (Å²) in [5.41, 5.74) is 1.92. The lowest BCUT2D eigenvalue weighted by Crippen LogP contribution is -2.45. The molecule has 134 valence electrons. The Morgan fingerprint density at radius 1 is 1.24 bits per heavy atom. The molecular formula is C17H22N4O3S.